The topological polar surface area (TPSA) is 123 Å². The van der Waals surface area contributed by atoms with E-state index in [0.29, 0.717) is 17.6 Å². The Kier molecular flexibility index (Phi) is 5.96. The molecule has 0 aliphatic heterocycles. The Hall–Kier alpha value is -4.91. The van der Waals surface area contributed by atoms with E-state index in [1.807, 2.05) is 12.1 Å². The van der Waals surface area contributed by atoms with Crippen molar-refractivity contribution >= 4 is 29.1 Å². The van der Waals surface area contributed by atoms with Crippen molar-refractivity contribution in [1.29, 1.82) is 0 Å². The van der Waals surface area contributed by atoms with Crippen LogP contribution >= 0.6 is 0 Å². The minimum atomic E-state index is -0.461. The first kappa shape index (κ1) is 22.9. The van der Waals surface area contributed by atoms with Gasteiger partial charge in [0.2, 0.25) is 0 Å². The summed E-state index contributed by atoms with van der Waals surface area (Å²) >= 11 is 0. The lowest BCUT2D eigenvalue weighted by Gasteiger charge is -2.15. The number of carbonyl (C=O) groups is 3. The average molecular weight is 480 g/mol. The summed E-state index contributed by atoms with van der Waals surface area (Å²) in [7, 11) is 0. The zero-order valence-corrected chi connectivity index (χ0v) is 19.4. The van der Waals surface area contributed by atoms with E-state index >= 15 is 0 Å². The third-order valence-corrected chi connectivity index (χ3v) is 6.13. The van der Waals surface area contributed by atoms with Gasteiger partial charge in [0.05, 0.1) is 12.2 Å². The Morgan fingerprint density at radius 1 is 1.11 bits per heavy atom. The second-order valence-electron chi connectivity index (χ2n) is 8.48. The van der Waals surface area contributed by atoms with E-state index in [1.165, 1.54) is 29.9 Å². The number of benzene rings is 1. The molecule has 10 nitrogen and oxygen atoms in total. The van der Waals surface area contributed by atoms with Crippen molar-refractivity contribution in [2.24, 2.45) is 0 Å². The van der Waals surface area contributed by atoms with Gasteiger partial charge in [0.15, 0.2) is 11.4 Å². The molecule has 178 valence electrons. The lowest BCUT2D eigenvalue weighted by molar-refractivity contribution is 0.0927. The van der Waals surface area contributed by atoms with Crippen molar-refractivity contribution in [1.82, 2.24) is 30.2 Å². The highest BCUT2D eigenvalue weighted by atomic mass is 16.2. The summed E-state index contributed by atoms with van der Waals surface area (Å²) in [5, 5.41) is 10.0. The molecule has 5 rings (SSSR count). The number of aromatic nitrogens is 4. The highest BCUT2D eigenvalue weighted by molar-refractivity contribution is 5.98. The Balaban J connectivity index is 1.36. The lowest BCUT2D eigenvalue weighted by atomic mass is 10.0. The molecule has 2 amide bonds. The van der Waals surface area contributed by atoms with Gasteiger partial charge in [-0.1, -0.05) is 18.7 Å². The van der Waals surface area contributed by atoms with Gasteiger partial charge in [-0.2, -0.15) is 5.10 Å². The first-order chi connectivity index (χ1) is 17.4. The van der Waals surface area contributed by atoms with Crippen molar-refractivity contribution in [2.75, 3.05) is 0 Å². The van der Waals surface area contributed by atoms with Crippen molar-refractivity contribution in [2.45, 2.75) is 32.4 Å². The van der Waals surface area contributed by atoms with Gasteiger partial charge in [-0.3, -0.25) is 14.4 Å². The SMILES string of the molecule is [C-]#[N+]c1cc(CNC(=O)c2cc(C(=O)N[C@H]3CCc4cc(C(C)=O)ccc43)n3nccc3n2)ccn1. The molecule has 0 saturated carbocycles. The standard InChI is InChI=1S/C26H21N7O3/c1-15(34)17-3-5-19-18(12-17)4-6-20(19)32-26(36)22-13-21(31-24-8-10-30-33(22)24)25(35)29-14-16-7-9-28-23(11-16)27-2/h3,5,7-13,20H,4,6,14H2,1H3,(H,29,35)(H,32,36)/t20-/m0/s1. The van der Waals surface area contributed by atoms with Crippen LogP contribution in [0, 0.1) is 6.57 Å². The summed E-state index contributed by atoms with van der Waals surface area (Å²) in [5.74, 6) is -0.600. The molecule has 0 bridgehead atoms. The number of pyridine rings is 1. The summed E-state index contributed by atoms with van der Waals surface area (Å²) in [5.41, 5.74) is 4.03. The highest BCUT2D eigenvalue weighted by Gasteiger charge is 2.26. The summed E-state index contributed by atoms with van der Waals surface area (Å²) in [6, 6.07) is 11.7. The van der Waals surface area contributed by atoms with E-state index in [0.717, 1.165) is 23.1 Å². The van der Waals surface area contributed by atoms with Gasteiger partial charge in [-0.15, -0.1) is 4.98 Å². The van der Waals surface area contributed by atoms with Crippen molar-refractivity contribution in [3.63, 3.8) is 0 Å². The molecule has 4 aromatic rings. The number of rotatable bonds is 6. The summed E-state index contributed by atoms with van der Waals surface area (Å²) in [4.78, 5) is 49.4. The summed E-state index contributed by atoms with van der Waals surface area (Å²) in [6.07, 6.45) is 4.49. The largest absolute Gasteiger partial charge is 0.361 e. The maximum atomic E-state index is 13.3. The molecule has 3 aromatic heterocycles. The van der Waals surface area contributed by atoms with Gasteiger partial charge in [0.1, 0.15) is 17.6 Å². The van der Waals surface area contributed by atoms with Crippen LogP contribution in [-0.2, 0) is 13.0 Å². The number of fused-ring (bicyclic) bond motifs is 2. The van der Waals surface area contributed by atoms with Crippen molar-refractivity contribution in [3.05, 3.63) is 99.9 Å². The number of ketones is 1. The highest BCUT2D eigenvalue weighted by Crippen LogP contribution is 2.32. The quantitative estimate of drug-likeness (QED) is 0.323. The van der Waals surface area contributed by atoms with Crippen LogP contribution in [0.4, 0.5) is 5.82 Å². The van der Waals surface area contributed by atoms with Crippen LogP contribution in [0.5, 0.6) is 0 Å². The van der Waals surface area contributed by atoms with Gasteiger partial charge in [0.25, 0.3) is 17.6 Å². The first-order valence-corrected chi connectivity index (χ1v) is 11.3. The number of amides is 2. The number of hydrogen-bond donors (Lipinski definition) is 2. The molecule has 1 atom stereocenters. The summed E-state index contributed by atoms with van der Waals surface area (Å²) in [6.45, 7) is 8.78. The zero-order chi connectivity index (χ0) is 25.2. The van der Waals surface area contributed by atoms with Crippen LogP contribution < -0.4 is 10.6 Å². The monoisotopic (exact) mass is 479 g/mol. The smallest absolute Gasteiger partial charge is 0.270 e. The molecule has 1 aromatic carbocycles. The first-order valence-electron chi connectivity index (χ1n) is 11.3. The molecule has 0 fully saturated rings. The number of carbonyl (C=O) groups excluding carboxylic acids is 3. The fourth-order valence-corrected chi connectivity index (χ4v) is 4.31. The maximum absolute atomic E-state index is 13.3. The predicted molar refractivity (Wildman–Crippen MR) is 130 cm³/mol. The number of hydrogen-bond acceptors (Lipinski definition) is 6. The minimum absolute atomic E-state index is 0.00436. The third-order valence-electron chi connectivity index (χ3n) is 6.13. The van der Waals surface area contributed by atoms with E-state index in [2.05, 4.69) is 30.5 Å². The second-order valence-corrected chi connectivity index (χ2v) is 8.48. The fraction of sp³-hybridized carbons (Fsp3) is 0.192. The number of Topliss-reactive ketones (excluding diaryl/α,β-unsaturated/α-hetero) is 1. The van der Waals surface area contributed by atoms with Crippen LogP contribution in [0.1, 0.15) is 67.4 Å². The van der Waals surface area contributed by atoms with Gasteiger partial charge in [0, 0.05) is 24.2 Å². The number of aryl methyl sites for hydroxylation is 1. The zero-order valence-electron chi connectivity index (χ0n) is 19.4. The Morgan fingerprint density at radius 3 is 2.78 bits per heavy atom. The molecular formula is C26H21N7O3. The molecule has 1 aliphatic carbocycles. The van der Waals surface area contributed by atoms with Crippen molar-refractivity contribution < 1.29 is 14.4 Å². The van der Waals surface area contributed by atoms with Gasteiger partial charge < -0.3 is 15.5 Å². The molecule has 0 radical (unpaired) electrons. The van der Waals surface area contributed by atoms with E-state index in [4.69, 9.17) is 6.57 Å². The lowest BCUT2D eigenvalue weighted by Crippen LogP contribution is -2.30. The molecular weight excluding hydrogens is 458 g/mol. The molecule has 0 unspecified atom stereocenters. The van der Waals surface area contributed by atoms with Gasteiger partial charge in [-0.05, 0) is 54.7 Å². The van der Waals surface area contributed by atoms with E-state index in [9.17, 15) is 14.4 Å². The Labute approximate surface area is 206 Å². The van der Waals surface area contributed by atoms with Gasteiger partial charge in [-0.25, -0.2) is 9.50 Å². The molecule has 3 heterocycles. The van der Waals surface area contributed by atoms with E-state index < -0.39 is 5.91 Å². The van der Waals surface area contributed by atoms with E-state index in [-0.39, 0.29) is 41.5 Å². The molecule has 0 saturated heterocycles. The fourth-order valence-electron chi connectivity index (χ4n) is 4.31. The minimum Gasteiger partial charge on any atom is -0.361 e. The predicted octanol–water partition coefficient (Wildman–Crippen LogP) is 3.22. The molecule has 0 spiro atoms. The molecule has 1 aliphatic rings. The number of nitrogens with one attached hydrogen (secondary N) is 2. The maximum Gasteiger partial charge on any atom is 0.270 e. The van der Waals surface area contributed by atoms with E-state index in [1.54, 1.807) is 24.3 Å². The Morgan fingerprint density at radius 2 is 1.97 bits per heavy atom. The van der Waals surface area contributed by atoms with Crippen LogP contribution in [-0.4, -0.2) is 37.2 Å². The average Bonchev–Trinajstić information content (AvgIpc) is 3.53. The van der Waals surface area contributed by atoms with Crippen molar-refractivity contribution in [3.8, 4) is 0 Å². The second kappa shape index (κ2) is 9.38. The molecule has 10 heteroatoms. The van der Waals surface area contributed by atoms with Gasteiger partial charge >= 0.3 is 0 Å². The summed E-state index contributed by atoms with van der Waals surface area (Å²) < 4.78 is 1.39. The molecule has 2 N–H and O–H groups in total. The molecule has 36 heavy (non-hydrogen) atoms. The number of nitrogens with zero attached hydrogens (tertiary/aromatic N) is 5. The Bertz CT molecular complexity index is 1570. The normalized spacial score (nSPS) is 14.2. The third kappa shape index (κ3) is 4.42. The van der Waals surface area contributed by atoms with Crippen LogP contribution in [0.2, 0.25) is 0 Å². The van der Waals surface area contributed by atoms with Crippen LogP contribution in [0.15, 0.2) is 54.9 Å². The van der Waals surface area contributed by atoms with Crippen LogP contribution in [0.25, 0.3) is 10.5 Å². The van der Waals surface area contributed by atoms with Crippen LogP contribution in [0.3, 0.4) is 0 Å².